The predicted octanol–water partition coefficient (Wildman–Crippen LogP) is 1.40. The van der Waals surface area contributed by atoms with Gasteiger partial charge in [-0.25, -0.2) is 0 Å². The van der Waals surface area contributed by atoms with Gasteiger partial charge in [0.25, 0.3) is 11.6 Å². The summed E-state index contributed by atoms with van der Waals surface area (Å²) >= 11 is 0. The van der Waals surface area contributed by atoms with Crippen LogP contribution in [0.15, 0.2) is 18.2 Å². The van der Waals surface area contributed by atoms with E-state index in [1.807, 2.05) is 6.92 Å². The normalized spacial score (nSPS) is 10.0. The van der Waals surface area contributed by atoms with Crippen molar-refractivity contribution in [3.63, 3.8) is 0 Å². The van der Waals surface area contributed by atoms with Crippen molar-refractivity contribution in [2.75, 3.05) is 32.1 Å². The zero-order valence-electron chi connectivity index (χ0n) is 10.9. The SMILES string of the molecule is CCOCCNC(=O)c1cc(NC)ccc1[N+](=O)[O-]. The van der Waals surface area contributed by atoms with Crippen molar-refractivity contribution >= 4 is 17.3 Å². The predicted molar refractivity (Wildman–Crippen MR) is 71.5 cm³/mol. The van der Waals surface area contributed by atoms with Crippen molar-refractivity contribution < 1.29 is 14.5 Å². The van der Waals surface area contributed by atoms with Crippen molar-refractivity contribution in [1.29, 1.82) is 0 Å². The van der Waals surface area contributed by atoms with E-state index < -0.39 is 10.8 Å². The van der Waals surface area contributed by atoms with Crippen molar-refractivity contribution in [2.45, 2.75) is 6.92 Å². The number of benzene rings is 1. The fourth-order valence-electron chi connectivity index (χ4n) is 1.51. The van der Waals surface area contributed by atoms with E-state index >= 15 is 0 Å². The van der Waals surface area contributed by atoms with Crippen molar-refractivity contribution in [1.82, 2.24) is 5.32 Å². The summed E-state index contributed by atoms with van der Waals surface area (Å²) in [6, 6.07) is 4.31. The van der Waals surface area contributed by atoms with Gasteiger partial charge in [-0.1, -0.05) is 0 Å². The highest BCUT2D eigenvalue weighted by atomic mass is 16.6. The number of amides is 1. The minimum Gasteiger partial charge on any atom is -0.388 e. The van der Waals surface area contributed by atoms with Crippen LogP contribution in [0, 0.1) is 10.1 Å². The second-order valence-corrected chi connectivity index (χ2v) is 3.69. The summed E-state index contributed by atoms with van der Waals surface area (Å²) < 4.78 is 5.08. The van der Waals surface area contributed by atoms with Gasteiger partial charge < -0.3 is 15.4 Å². The van der Waals surface area contributed by atoms with Gasteiger partial charge in [0, 0.05) is 32.0 Å². The Morgan fingerprint density at radius 1 is 1.47 bits per heavy atom. The number of nitro groups is 1. The standard InChI is InChI=1S/C12H17N3O4/c1-3-19-7-6-14-12(16)10-8-9(13-2)4-5-11(10)15(17)18/h4-5,8,13H,3,6-7H2,1-2H3,(H,14,16). The van der Waals surface area contributed by atoms with Crippen molar-refractivity contribution in [3.8, 4) is 0 Å². The average Bonchev–Trinajstić information content (AvgIpc) is 2.42. The Kier molecular flexibility index (Phi) is 5.74. The molecule has 0 saturated heterocycles. The minimum atomic E-state index is -0.573. The van der Waals surface area contributed by atoms with Gasteiger partial charge in [-0.2, -0.15) is 0 Å². The lowest BCUT2D eigenvalue weighted by Gasteiger charge is -2.07. The Morgan fingerprint density at radius 3 is 2.79 bits per heavy atom. The van der Waals surface area contributed by atoms with Crippen LogP contribution in [-0.4, -0.2) is 37.6 Å². The van der Waals surface area contributed by atoms with Gasteiger partial charge in [0.1, 0.15) is 5.56 Å². The highest BCUT2D eigenvalue weighted by Crippen LogP contribution is 2.22. The van der Waals surface area contributed by atoms with Crippen LogP contribution in [-0.2, 0) is 4.74 Å². The number of nitro benzene ring substituents is 1. The van der Waals surface area contributed by atoms with Crippen LogP contribution in [0.25, 0.3) is 0 Å². The van der Waals surface area contributed by atoms with Crippen LogP contribution >= 0.6 is 0 Å². The third-order valence-corrected chi connectivity index (χ3v) is 2.46. The van der Waals surface area contributed by atoms with Crippen LogP contribution in [0.2, 0.25) is 0 Å². The zero-order chi connectivity index (χ0) is 14.3. The average molecular weight is 267 g/mol. The maximum absolute atomic E-state index is 11.9. The fraction of sp³-hybridized carbons (Fsp3) is 0.417. The first-order valence-electron chi connectivity index (χ1n) is 5.92. The summed E-state index contributed by atoms with van der Waals surface area (Å²) in [5.74, 6) is -0.483. The first kappa shape index (κ1) is 14.9. The molecule has 2 N–H and O–H groups in total. The largest absolute Gasteiger partial charge is 0.388 e. The number of anilines is 1. The Hall–Kier alpha value is -2.15. The van der Waals surface area contributed by atoms with E-state index in [9.17, 15) is 14.9 Å². The molecule has 0 aliphatic heterocycles. The number of carbonyl (C=O) groups is 1. The van der Waals surface area contributed by atoms with Crippen LogP contribution in [0.4, 0.5) is 11.4 Å². The van der Waals surface area contributed by atoms with E-state index in [2.05, 4.69) is 10.6 Å². The molecule has 0 heterocycles. The molecule has 0 unspecified atom stereocenters. The molecular weight excluding hydrogens is 250 g/mol. The third-order valence-electron chi connectivity index (χ3n) is 2.46. The maximum Gasteiger partial charge on any atom is 0.282 e. The molecule has 1 aromatic rings. The second kappa shape index (κ2) is 7.32. The Bertz CT molecular complexity index is 462. The first-order valence-corrected chi connectivity index (χ1v) is 5.92. The van der Waals surface area contributed by atoms with Gasteiger partial charge in [-0.05, 0) is 19.1 Å². The number of hydrogen-bond donors (Lipinski definition) is 2. The molecule has 7 nitrogen and oxygen atoms in total. The minimum absolute atomic E-state index is 0.0355. The molecule has 104 valence electrons. The molecule has 0 spiro atoms. The number of ether oxygens (including phenoxy) is 1. The molecule has 0 atom stereocenters. The molecule has 0 fully saturated rings. The number of carbonyl (C=O) groups excluding carboxylic acids is 1. The Balaban J connectivity index is 2.83. The number of nitrogens with one attached hydrogen (secondary N) is 2. The zero-order valence-corrected chi connectivity index (χ0v) is 10.9. The first-order chi connectivity index (χ1) is 9.10. The van der Waals surface area contributed by atoms with Gasteiger partial charge in [0.15, 0.2) is 0 Å². The molecule has 7 heteroatoms. The van der Waals surface area contributed by atoms with E-state index in [0.717, 1.165) is 0 Å². The highest BCUT2D eigenvalue weighted by Gasteiger charge is 2.20. The van der Waals surface area contributed by atoms with E-state index in [0.29, 0.717) is 25.4 Å². The Labute approximate surface area is 111 Å². The van der Waals surface area contributed by atoms with Crippen molar-refractivity contribution in [2.24, 2.45) is 0 Å². The molecule has 1 rings (SSSR count). The van der Waals surface area contributed by atoms with Gasteiger partial charge in [-0.15, -0.1) is 0 Å². The lowest BCUT2D eigenvalue weighted by Crippen LogP contribution is -2.28. The van der Waals surface area contributed by atoms with E-state index in [-0.39, 0.29) is 11.3 Å². The molecule has 1 amide bonds. The van der Waals surface area contributed by atoms with Crippen LogP contribution in [0.5, 0.6) is 0 Å². The number of hydrogen-bond acceptors (Lipinski definition) is 5. The number of rotatable bonds is 7. The molecule has 1 aromatic carbocycles. The fourth-order valence-corrected chi connectivity index (χ4v) is 1.51. The molecule has 0 aliphatic carbocycles. The Morgan fingerprint density at radius 2 is 2.21 bits per heavy atom. The molecule has 0 aromatic heterocycles. The van der Waals surface area contributed by atoms with Crippen LogP contribution in [0.3, 0.4) is 0 Å². The van der Waals surface area contributed by atoms with Gasteiger partial charge in [-0.3, -0.25) is 14.9 Å². The van der Waals surface area contributed by atoms with E-state index in [4.69, 9.17) is 4.74 Å². The van der Waals surface area contributed by atoms with Gasteiger partial charge in [0.2, 0.25) is 0 Å². The van der Waals surface area contributed by atoms with Gasteiger partial charge in [0.05, 0.1) is 11.5 Å². The summed E-state index contributed by atoms with van der Waals surface area (Å²) in [6.07, 6.45) is 0. The molecular formula is C12H17N3O4. The topological polar surface area (TPSA) is 93.5 Å². The maximum atomic E-state index is 11.9. The summed E-state index contributed by atoms with van der Waals surface area (Å²) in [5, 5.41) is 16.3. The smallest absolute Gasteiger partial charge is 0.282 e. The van der Waals surface area contributed by atoms with E-state index in [1.165, 1.54) is 12.1 Å². The van der Waals surface area contributed by atoms with E-state index in [1.54, 1.807) is 13.1 Å². The van der Waals surface area contributed by atoms with Crippen molar-refractivity contribution in [3.05, 3.63) is 33.9 Å². The lowest BCUT2D eigenvalue weighted by atomic mass is 10.1. The molecule has 19 heavy (non-hydrogen) atoms. The molecule has 0 aliphatic rings. The number of nitrogens with zero attached hydrogens (tertiary/aromatic N) is 1. The molecule has 0 radical (unpaired) electrons. The monoisotopic (exact) mass is 267 g/mol. The van der Waals surface area contributed by atoms with Gasteiger partial charge >= 0.3 is 0 Å². The molecule has 0 bridgehead atoms. The molecule has 0 saturated carbocycles. The summed E-state index contributed by atoms with van der Waals surface area (Å²) in [4.78, 5) is 22.2. The van der Waals surface area contributed by atoms with Crippen LogP contribution in [0.1, 0.15) is 17.3 Å². The lowest BCUT2D eigenvalue weighted by molar-refractivity contribution is -0.385. The summed E-state index contributed by atoms with van der Waals surface area (Å²) in [5.41, 5.74) is 0.460. The quantitative estimate of drug-likeness (QED) is 0.442. The highest BCUT2D eigenvalue weighted by molar-refractivity contribution is 5.99. The summed E-state index contributed by atoms with van der Waals surface area (Å²) in [6.45, 7) is 3.10. The van der Waals surface area contributed by atoms with Crippen LogP contribution < -0.4 is 10.6 Å². The second-order valence-electron chi connectivity index (χ2n) is 3.69. The third kappa shape index (κ3) is 4.22. The summed E-state index contributed by atoms with van der Waals surface area (Å²) in [7, 11) is 1.68.